The number of nitrogens with one attached hydrogen (secondary N) is 1. The molecule has 1 N–H and O–H groups in total. The van der Waals surface area contributed by atoms with E-state index in [2.05, 4.69) is 15.1 Å². The molecule has 0 unspecified atom stereocenters. The number of ether oxygens (including phenoxy) is 1. The topological polar surface area (TPSA) is 94.8 Å². The summed E-state index contributed by atoms with van der Waals surface area (Å²) >= 11 is 0. The molecule has 0 bridgehead atoms. The summed E-state index contributed by atoms with van der Waals surface area (Å²) in [7, 11) is 0. The van der Waals surface area contributed by atoms with Crippen molar-refractivity contribution < 1.29 is 22.7 Å². The van der Waals surface area contributed by atoms with Gasteiger partial charge in [-0.2, -0.15) is 17.9 Å². The van der Waals surface area contributed by atoms with E-state index in [1.54, 1.807) is 20.8 Å². The molecule has 0 atom stereocenters. The van der Waals surface area contributed by atoms with E-state index in [0.717, 1.165) is 15.6 Å². The number of pyridine rings is 1. The summed E-state index contributed by atoms with van der Waals surface area (Å²) in [5.41, 5.74) is -2.28. The molecule has 0 saturated heterocycles. The summed E-state index contributed by atoms with van der Waals surface area (Å²) in [6.45, 7) is 5.19. The van der Waals surface area contributed by atoms with Crippen molar-refractivity contribution in [2.45, 2.75) is 32.5 Å². The zero-order valence-corrected chi connectivity index (χ0v) is 16.3. The van der Waals surface area contributed by atoms with Gasteiger partial charge in [0, 0.05) is 18.6 Å². The highest BCUT2D eigenvalue weighted by molar-refractivity contribution is 5.89. The molecule has 3 heterocycles. The lowest BCUT2D eigenvalue weighted by Gasteiger charge is -2.19. The predicted octanol–water partition coefficient (Wildman–Crippen LogP) is 3.14. The van der Waals surface area contributed by atoms with Gasteiger partial charge in [0.1, 0.15) is 17.6 Å². The molecule has 0 amide bonds. The van der Waals surface area contributed by atoms with Gasteiger partial charge in [-0.1, -0.05) is 0 Å². The van der Waals surface area contributed by atoms with Gasteiger partial charge in [-0.25, -0.2) is 14.8 Å². The number of halogens is 4. The molecule has 0 aliphatic carbocycles. The number of aromatic amines is 1. The first-order valence-electron chi connectivity index (χ1n) is 8.07. The Bertz CT molecular complexity index is 1060. The van der Waals surface area contributed by atoms with Crippen LogP contribution in [0.3, 0.4) is 0 Å². The molecule has 0 aliphatic rings. The van der Waals surface area contributed by atoms with Gasteiger partial charge in [0.25, 0.3) is 5.56 Å². The van der Waals surface area contributed by atoms with E-state index in [1.165, 1.54) is 24.5 Å². The molecule has 0 fully saturated rings. The van der Waals surface area contributed by atoms with Crippen LogP contribution < -0.4 is 5.56 Å². The highest BCUT2D eigenvalue weighted by Gasteiger charge is 2.33. The molecule has 0 saturated carbocycles. The van der Waals surface area contributed by atoms with Gasteiger partial charge in [-0.05, 0) is 32.9 Å². The number of rotatable bonds is 3. The molecule has 12 heteroatoms. The van der Waals surface area contributed by atoms with E-state index in [4.69, 9.17) is 4.74 Å². The molecular formula is C17H17ClF3N5O3. The van der Waals surface area contributed by atoms with Crippen LogP contribution >= 0.6 is 12.4 Å². The van der Waals surface area contributed by atoms with Crippen LogP contribution in [0.4, 0.5) is 13.2 Å². The van der Waals surface area contributed by atoms with Crippen molar-refractivity contribution in [3.63, 3.8) is 0 Å². The monoisotopic (exact) mass is 431 g/mol. The van der Waals surface area contributed by atoms with Gasteiger partial charge in [-0.15, -0.1) is 12.4 Å². The van der Waals surface area contributed by atoms with Crippen LogP contribution in [-0.4, -0.2) is 35.9 Å². The van der Waals surface area contributed by atoms with Crippen LogP contribution in [0.1, 0.15) is 36.8 Å². The zero-order chi connectivity index (χ0) is 20.7. The van der Waals surface area contributed by atoms with E-state index in [9.17, 15) is 22.8 Å². The summed E-state index contributed by atoms with van der Waals surface area (Å²) in [5, 5.41) is 2.62. The number of hydrogen-bond donors (Lipinski definition) is 1. The summed E-state index contributed by atoms with van der Waals surface area (Å²) in [6.07, 6.45) is -0.521. The fourth-order valence-corrected chi connectivity index (χ4v) is 2.29. The number of esters is 1. The van der Waals surface area contributed by atoms with Crippen molar-refractivity contribution in [2.75, 3.05) is 0 Å². The third kappa shape index (κ3) is 4.86. The second-order valence-electron chi connectivity index (χ2n) is 6.87. The zero-order valence-electron chi connectivity index (χ0n) is 15.5. The average Bonchev–Trinajstić information content (AvgIpc) is 3.20. The Hall–Kier alpha value is -3.08. The first-order valence-corrected chi connectivity index (χ1v) is 8.07. The maximum absolute atomic E-state index is 12.7. The summed E-state index contributed by atoms with van der Waals surface area (Å²) in [5.74, 6) is -0.413. The molecule has 8 nitrogen and oxygen atoms in total. The van der Waals surface area contributed by atoms with Gasteiger partial charge < -0.3 is 4.74 Å². The maximum atomic E-state index is 12.7. The number of nitrogens with zero attached hydrogens (tertiary/aromatic N) is 4. The molecule has 0 spiro atoms. The van der Waals surface area contributed by atoms with Crippen LogP contribution in [0, 0.1) is 0 Å². The average molecular weight is 432 g/mol. The van der Waals surface area contributed by atoms with Crippen LogP contribution in [0.5, 0.6) is 0 Å². The number of carbonyl (C=O) groups excluding carboxylic acids is 1. The minimum atomic E-state index is -4.61. The van der Waals surface area contributed by atoms with Crippen molar-refractivity contribution in [3.8, 4) is 11.5 Å². The molecule has 156 valence electrons. The Balaban J connectivity index is 0.00000300. The van der Waals surface area contributed by atoms with E-state index in [-0.39, 0.29) is 29.5 Å². The number of carbonyl (C=O) groups is 1. The molecule has 0 aromatic carbocycles. The number of aromatic nitrogens is 5. The van der Waals surface area contributed by atoms with Crippen LogP contribution in [0.15, 0.2) is 41.8 Å². The van der Waals surface area contributed by atoms with Crippen molar-refractivity contribution in [3.05, 3.63) is 58.7 Å². The largest absolute Gasteiger partial charge is 0.456 e. The standard InChI is InChI=1S/C17H16F3N5O3.ClH/c1-16(2,3)28-15(27)10-4-5-13(21-6-10)25-14(26)11(7-23-25)24-8-12(22-9-24)17(18,19)20;/h4-9,23H,1-3H3;1H. The first-order chi connectivity index (χ1) is 13.0. The number of H-pyrrole nitrogens is 1. The third-order valence-electron chi connectivity index (χ3n) is 3.52. The van der Waals surface area contributed by atoms with E-state index in [0.29, 0.717) is 6.20 Å². The molecule has 29 heavy (non-hydrogen) atoms. The second-order valence-corrected chi connectivity index (χ2v) is 6.87. The minimum absolute atomic E-state index is 0. The Morgan fingerprint density at radius 3 is 2.38 bits per heavy atom. The molecule has 3 aromatic rings. The highest BCUT2D eigenvalue weighted by atomic mass is 35.5. The molecule has 3 aromatic heterocycles. The first kappa shape index (κ1) is 22.2. The number of hydrogen-bond acceptors (Lipinski definition) is 5. The van der Waals surface area contributed by atoms with Crippen molar-refractivity contribution >= 4 is 18.4 Å². The summed E-state index contributed by atoms with van der Waals surface area (Å²) in [6, 6.07) is 2.85. The maximum Gasteiger partial charge on any atom is 0.434 e. The molecule has 0 radical (unpaired) electrons. The van der Waals surface area contributed by atoms with Gasteiger partial charge >= 0.3 is 12.1 Å². The Labute approximate surface area is 168 Å². The fourth-order valence-electron chi connectivity index (χ4n) is 2.29. The summed E-state index contributed by atoms with van der Waals surface area (Å²) in [4.78, 5) is 31.8. The quantitative estimate of drug-likeness (QED) is 0.643. The van der Waals surface area contributed by atoms with Crippen molar-refractivity contribution in [2.24, 2.45) is 0 Å². The fraction of sp³-hybridized carbons (Fsp3) is 0.294. The lowest BCUT2D eigenvalue weighted by molar-refractivity contribution is -0.140. The third-order valence-corrected chi connectivity index (χ3v) is 3.52. The van der Waals surface area contributed by atoms with Gasteiger partial charge in [0.05, 0.1) is 5.56 Å². The second kappa shape index (κ2) is 7.74. The van der Waals surface area contributed by atoms with Gasteiger partial charge in [-0.3, -0.25) is 14.5 Å². The predicted molar refractivity (Wildman–Crippen MR) is 98.7 cm³/mol. The number of alkyl halides is 3. The minimum Gasteiger partial charge on any atom is -0.456 e. The SMILES string of the molecule is CC(C)(C)OC(=O)c1ccc(-n2[nH]cc(-n3cnc(C(F)(F)F)c3)c2=O)nc1.Cl. The summed E-state index contributed by atoms with van der Waals surface area (Å²) < 4.78 is 45.3. The van der Waals surface area contributed by atoms with Crippen LogP contribution in [0.2, 0.25) is 0 Å². The Morgan fingerprint density at radius 1 is 1.17 bits per heavy atom. The van der Waals surface area contributed by atoms with Crippen molar-refractivity contribution in [1.29, 1.82) is 0 Å². The van der Waals surface area contributed by atoms with E-state index >= 15 is 0 Å². The smallest absolute Gasteiger partial charge is 0.434 e. The number of imidazole rings is 1. The van der Waals surface area contributed by atoms with E-state index < -0.39 is 29.0 Å². The molecule has 0 aliphatic heterocycles. The van der Waals surface area contributed by atoms with Gasteiger partial charge in [0.15, 0.2) is 11.5 Å². The normalized spacial score (nSPS) is 11.8. The lowest BCUT2D eigenvalue weighted by atomic mass is 10.2. The highest BCUT2D eigenvalue weighted by Crippen LogP contribution is 2.27. The Kier molecular flexibility index (Phi) is 5.93. The lowest BCUT2D eigenvalue weighted by Crippen LogP contribution is -2.24. The van der Waals surface area contributed by atoms with Crippen LogP contribution in [-0.2, 0) is 10.9 Å². The van der Waals surface area contributed by atoms with Crippen molar-refractivity contribution in [1.82, 2.24) is 24.3 Å². The molecular weight excluding hydrogens is 415 g/mol. The van der Waals surface area contributed by atoms with E-state index in [1.807, 2.05) is 0 Å². The molecule has 3 rings (SSSR count). The van der Waals surface area contributed by atoms with Crippen LogP contribution in [0.25, 0.3) is 11.5 Å². The van der Waals surface area contributed by atoms with Gasteiger partial charge in [0.2, 0.25) is 0 Å². The Morgan fingerprint density at radius 2 is 1.86 bits per heavy atom.